The van der Waals surface area contributed by atoms with E-state index in [9.17, 15) is 0 Å². The smallest absolute Gasteiger partial charge is 0.0675 e. The van der Waals surface area contributed by atoms with Crippen LogP contribution in [0, 0.1) is 6.92 Å². The molecule has 0 aliphatic carbocycles. The van der Waals surface area contributed by atoms with E-state index >= 15 is 0 Å². The minimum atomic E-state index is 0.865. The molecular weight excluding hydrogens is 256 g/mol. The highest BCUT2D eigenvalue weighted by Crippen LogP contribution is 2.22. The lowest BCUT2D eigenvalue weighted by Crippen LogP contribution is -1.99. The van der Waals surface area contributed by atoms with Crippen molar-refractivity contribution in [1.82, 2.24) is 9.38 Å². The largest absolute Gasteiger partial charge is 0.313 e. The molecule has 0 fully saturated rings. The van der Waals surface area contributed by atoms with Crippen LogP contribution >= 0.6 is 0 Å². The Hall–Kier alpha value is -2.61. The van der Waals surface area contributed by atoms with Crippen LogP contribution in [0.1, 0.15) is 17.0 Å². The van der Waals surface area contributed by atoms with Crippen LogP contribution in [-0.4, -0.2) is 9.38 Å². The summed E-state index contributed by atoms with van der Waals surface area (Å²) in [7, 11) is 0. The van der Waals surface area contributed by atoms with Crippen LogP contribution in [0.3, 0.4) is 0 Å². The van der Waals surface area contributed by atoms with Crippen molar-refractivity contribution < 1.29 is 0 Å². The minimum Gasteiger partial charge on any atom is -0.313 e. The number of fused-ring (bicyclic) bond motifs is 3. The van der Waals surface area contributed by atoms with E-state index in [0.717, 1.165) is 17.8 Å². The molecule has 2 aromatic heterocycles. The lowest BCUT2D eigenvalue weighted by Gasteiger charge is -2.06. The Labute approximate surface area is 123 Å². The minimum absolute atomic E-state index is 0.865. The molecule has 0 saturated heterocycles. The molecule has 2 nitrogen and oxygen atoms in total. The molecule has 2 heterocycles. The number of rotatable bonds is 2. The van der Waals surface area contributed by atoms with E-state index in [1.54, 1.807) is 0 Å². The van der Waals surface area contributed by atoms with Gasteiger partial charge in [-0.2, -0.15) is 0 Å². The van der Waals surface area contributed by atoms with Crippen molar-refractivity contribution >= 4 is 16.4 Å². The Morgan fingerprint density at radius 3 is 2.52 bits per heavy atom. The van der Waals surface area contributed by atoms with E-state index in [1.807, 2.05) is 6.07 Å². The third kappa shape index (κ3) is 2.09. The van der Waals surface area contributed by atoms with Crippen LogP contribution in [0.5, 0.6) is 0 Å². The molecule has 0 spiro atoms. The highest BCUT2D eigenvalue weighted by molar-refractivity contribution is 5.87. The molecule has 0 radical (unpaired) electrons. The summed E-state index contributed by atoms with van der Waals surface area (Å²) < 4.78 is 2.26. The lowest BCUT2D eigenvalue weighted by atomic mass is 10.1. The Morgan fingerprint density at radius 1 is 0.905 bits per heavy atom. The molecule has 2 aromatic carbocycles. The summed E-state index contributed by atoms with van der Waals surface area (Å²) in [5, 5.41) is 1.26. The quantitative estimate of drug-likeness (QED) is 0.529. The first kappa shape index (κ1) is 12.2. The average molecular weight is 272 g/mol. The molecule has 4 aromatic rings. The Kier molecular flexibility index (Phi) is 2.74. The second-order valence-electron chi connectivity index (χ2n) is 5.44. The van der Waals surface area contributed by atoms with E-state index in [0.29, 0.717) is 0 Å². The molecular formula is C19H16N2. The number of hydrogen-bond donors (Lipinski definition) is 0. The molecule has 102 valence electrons. The third-order valence-corrected chi connectivity index (χ3v) is 3.94. The first-order chi connectivity index (χ1) is 10.3. The summed E-state index contributed by atoms with van der Waals surface area (Å²) in [6, 6.07) is 21.2. The summed E-state index contributed by atoms with van der Waals surface area (Å²) in [6.07, 6.45) is 3.03. The molecule has 0 bridgehead atoms. The van der Waals surface area contributed by atoms with Crippen LogP contribution in [0.25, 0.3) is 16.4 Å². The molecule has 0 atom stereocenters. The van der Waals surface area contributed by atoms with Crippen molar-refractivity contribution in [3.63, 3.8) is 0 Å². The van der Waals surface area contributed by atoms with Gasteiger partial charge >= 0.3 is 0 Å². The maximum Gasteiger partial charge on any atom is 0.0675 e. The van der Waals surface area contributed by atoms with Gasteiger partial charge in [-0.05, 0) is 24.6 Å². The second-order valence-corrected chi connectivity index (χ2v) is 5.44. The van der Waals surface area contributed by atoms with Gasteiger partial charge in [-0.3, -0.25) is 4.98 Å². The molecule has 0 aliphatic rings. The molecule has 0 aliphatic heterocycles. The van der Waals surface area contributed by atoms with Crippen molar-refractivity contribution in [2.24, 2.45) is 0 Å². The predicted octanol–water partition coefficient (Wildman–Crippen LogP) is 4.39. The van der Waals surface area contributed by atoms with Gasteiger partial charge in [0, 0.05) is 18.0 Å². The summed E-state index contributed by atoms with van der Waals surface area (Å²) in [6.45, 7) is 2.09. The maximum atomic E-state index is 4.77. The van der Waals surface area contributed by atoms with Crippen LogP contribution in [0.4, 0.5) is 0 Å². The number of nitrogens with zero attached hydrogens (tertiary/aromatic N) is 2. The summed E-state index contributed by atoms with van der Waals surface area (Å²) in [5.74, 6) is 0. The first-order valence-electron chi connectivity index (χ1n) is 7.21. The summed E-state index contributed by atoms with van der Waals surface area (Å²) in [5.41, 5.74) is 5.91. The lowest BCUT2D eigenvalue weighted by molar-refractivity contribution is 0.993. The zero-order valence-corrected chi connectivity index (χ0v) is 12.0. The number of aryl methyl sites for hydroxylation is 1. The Balaban J connectivity index is 1.89. The van der Waals surface area contributed by atoms with E-state index in [2.05, 4.69) is 72.1 Å². The summed E-state index contributed by atoms with van der Waals surface area (Å²) in [4.78, 5) is 4.77. The van der Waals surface area contributed by atoms with Gasteiger partial charge < -0.3 is 4.40 Å². The van der Waals surface area contributed by atoms with Crippen molar-refractivity contribution in [1.29, 1.82) is 0 Å². The molecule has 21 heavy (non-hydrogen) atoms. The zero-order chi connectivity index (χ0) is 14.2. The standard InChI is InChI=1S/C19H16N2/c1-14-19-12-16-9-5-6-10-18(16)21(19)13-17(20-14)11-15-7-3-2-4-8-15/h2-10,12-13H,11H2,1H3. The van der Waals surface area contributed by atoms with Crippen molar-refractivity contribution in [2.45, 2.75) is 13.3 Å². The van der Waals surface area contributed by atoms with E-state index in [1.165, 1.54) is 22.0 Å². The van der Waals surface area contributed by atoms with E-state index in [4.69, 9.17) is 4.98 Å². The molecule has 4 rings (SSSR count). The molecule has 0 amide bonds. The molecule has 2 heteroatoms. The molecule has 0 N–H and O–H groups in total. The topological polar surface area (TPSA) is 17.3 Å². The third-order valence-electron chi connectivity index (χ3n) is 3.94. The first-order valence-corrected chi connectivity index (χ1v) is 7.21. The number of benzene rings is 2. The second kappa shape index (κ2) is 4.74. The van der Waals surface area contributed by atoms with Crippen LogP contribution in [0.15, 0.2) is 66.9 Å². The van der Waals surface area contributed by atoms with Gasteiger partial charge in [0.05, 0.1) is 22.4 Å². The molecule has 0 saturated carbocycles. The Morgan fingerprint density at radius 2 is 1.67 bits per heavy atom. The van der Waals surface area contributed by atoms with E-state index in [-0.39, 0.29) is 0 Å². The highest BCUT2D eigenvalue weighted by atomic mass is 14.9. The Bertz CT molecular complexity index is 920. The fourth-order valence-corrected chi connectivity index (χ4v) is 2.93. The normalized spacial score (nSPS) is 11.3. The predicted molar refractivity (Wildman–Crippen MR) is 86.7 cm³/mol. The average Bonchev–Trinajstić information content (AvgIpc) is 2.88. The van der Waals surface area contributed by atoms with Gasteiger partial charge in [-0.15, -0.1) is 0 Å². The maximum absolute atomic E-state index is 4.77. The fraction of sp³-hybridized carbons (Fsp3) is 0.105. The zero-order valence-electron chi connectivity index (χ0n) is 12.0. The number of para-hydroxylation sites is 1. The SMILES string of the molecule is Cc1nc(Cc2ccccc2)cn2c1cc1ccccc12. The molecule has 0 unspecified atom stereocenters. The van der Waals surface area contributed by atoms with Gasteiger partial charge in [-0.25, -0.2) is 0 Å². The van der Waals surface area contributed by atoms with E-state index < -0.39 is 0 Å². The summed E-state index contributed by atoms with van der Waals surface area (Å²) >= 11 is 0. The van der Waals surface area contributed by atoms with Crippen LogP contribution in [-0.2, 0) is 6.42 Å². The van der Waals surface area contributed by atoms with Crippen molar-refractivity contribution in [3.05, 3.63) is 83.8 Å². The van der Waals surface area contributed by atoms with Crippen molar-refractivity contribution in [2.75, 3.05) is 0 Å². The van der Waals surface area contributed by atoms with Crippen LogP contribution in [0.2, 0.25) is 0 Å². The van der Waals surface area contributed by atoms with Gasteiger partial charge in [0.25, 0.3) is 0 Å². The number of hydrogen-bond acceptors (Lipinski definition) is 1. The fourth-order valence-electron chi connectivity index (χ4n) is 2.93. The monoisotopic (exact) mass is 272 g/mol. The van der Waals surface area contributed by atoms with Gasteiger partial charge in [0.2, 0.25) is 0 Å². The van der Waals surface area contributed by atoms with Gasteiger partial charge in [-0.1, -0.05) is 48.5 Å². The van der Waals surface area contributed by atoms with Crippen LogP contribution < -0.4 is 0 Å². The number of aromatic nitrogens is 2. The van der Waals surface area contributed by atoms with Gasteiger partial charge in [0.1, 0.15) is 0 Å². The van der Waals surface area contributed by atoms with Gasteiger partial charge in [0.15, 0.2) is 0 Å². The van der Waals surface area contributed by atoms with Crippen molar-refractivity contribution in [3.8, 4) is 0 Å². The highest BCUT2D eigenvalue weighted by Gasteiger charge is 2.07.